The van der Waals surface area contributed by atoms with Crippen molar-refractivity contribution in [3.8, 4) is 0 Å². The van der Waals surface area contributed by atoms with Gasteiger partial charge in [-0.1, -0.05) is 70.1 Å². The van der Waals surface area contributed by atoms with E-state index >= 15 is 4.39 Å². The normalized spacial score (nSPS) is 38.2. The SMILES string of the molecule is CCCCCC1CCC(C2CCC(C3(F)C=CC(CC)=CC3)CC2)CC1. The zero-order valence-electron chi connectivity index (χ0n) is 17.3. The fourth-order valence-electron chi connectivity index (χ4n) is 5.94. The first-order chi connectivity index (χ1) is 12.6. The second-order valence-electron chi connectivity index (χ2n) is 9.49. The number of allylic oxidation sites excluding steroid dienone is 4. The highest BCUT2D eigenvalue weighted by atomic mass is 19.1. The summed E-state index contributed by atoms with van der Waals surface area (Å²) in [4.78, 5) is 0. The number of rotatable bonds is 7. The largest absolute Gasteiger partial charge is 0.239 e. The van der Waals surface area contributed by atoms with Gasteiger partial charge in [0.15, 0.2) is 0 Å². The van der Waals surface area contributed by atoms with Crippen molar-refractivity contribution >= 4 is 0 Å². The average Bonchev–Trinajstić information content (AvgIpc) is 2.69. The fraction of sp³-hybridized carbons (Fsp3) is 0.840. The van der Waals surface area contributed by atoms with Crippen molar-refractivity contribution in [1.82, 2.24) is 0 Å². The molecule has 0 aromatic carbocycles. The third kappa shape index (κ3) is 5.02. The molecule has 148 valence electrons. The first-order valence-corrected chi connectivity index (χ1v) is 11.7. The molecule has 0 spiro atoms. The van der Waals surface area contributed by atoms with Crippen molar-refractivity contribution in [2.24, 2.45) is 23.7 Å². The summed E-state index contributed by atoms with van der Waals surface area (Å²) < 4.78 is 15.4. The van der Waals surface area contributed by atoms with Crippen LogP contribution in [0.2, 0.25) is 0 Å². The van der Waals surface area contributed by atoms with Crippen molar-refractivity contribution in [2.75, 3.05) is 0 Å². The summed E-state index contributed by atoms with van der Waals surface area (Å²) in [6, 6.07) is 0. The summed E-state index contributed by atoms with van der Waals surface area (Å²) in [6.45, 7) is 4.46. The lowest BCUT2D eigenvalue weighted by Gasteiger charge is -2.41. The third-order valence-electron chi connectivity index (χ3n) is 7.88. The Kier molecular flexibility index (Phi) is 7.41. The zero-order valence-corrected chi connectivity index (χ0v) is 17.3. The second kappa shape index (κ2) is 9.56. The minimum Gasteiger partial charge on any atom is -0.239 e. The number of hydrogen-bond donors (Lipinski definition) is 0. The highest BCUT2D eigenvalue weighted by Crippen LogP contribution is 2.47. The summed E-state index contributed by atoms with van der Waals surface area (Å²) in [6.07, 6.45) is 24.0. The van der Waals surface area contributed by atoms with Crippen LogP contribution in [0.4, 0.5) is 4.39 Å². The Balaban J connectivity index is 1.41. The molecular weight excluding hydrogens is 319 g/mol. The van der Waals surface area contributed by atoms with Crippen LogP contribution >= 0.6 is 0 Å². The topological polar surface area (TPSA) is 0 Å². The highest BCUT2D eigenvalue weighted by molar-refractivity contribution is 5.28. The first-order valence-electron chi connectivity index (χ1n) is 11.7. The Morgan fingerprint density at radius 3 is 2.12 bits per heavy atom. The summed E-state index contributed by atoms with van der Waals surface area (Å²) in [5.41, 5.74) is 0.253. The Morgan fingerprint density at radius 2 is 1.58 bits per heavy atom. The molecule has 0 aliphatic heterocycles. The molecule has 0 nitrogen and oxygen atoms in total. The van der Waals surface area contributed by atoms with Crippen molar-refractivity contribution in [3.63, 3.8) is 0 Å². The average molecular weight is 361 g/mol. The van der Waals surface area contributed by atoms with Gasteiger partial charge in [0, 0.05) is 6.42 Å². The maximum Gasteiger partial charge on any atom is 0.135 e. The molecule has 0 heterocycles. The van der Waals surface area contributed by atoms with E-state index in [2.05, 4.69) is 26.0 Å². The number of halogens is 1. The van der Waals surface area contributed by atoms with Gasteiger partial charge in [0.05, 0.1) is 0 Å². The van der Waals surface area contributed by atoms with Crippen LogP contribution in [0.15, 0.2) is 23.8 Å². The van der Waals surface area contributed by atoms with E-state index < -0.39 is 5.67 Å². The van der Waals surface area contributed by atoms with E-state index in [1.54, 1.807) is 0 Å². The molecule has 1 unspecified atom stereocenters. The van der Waals surface area contributed by atoms with Gasteiger partial charge in [-0.05, 0) is 74.7 Å². The quantitative estimate of drug-likeness (QED) is 0.401. The van der Waals surface area contributed by atoms with Gasteiger partial charge in [-0.25, -0.2) is 4.39 Å². The van der Waals surface area contributed by atoms with Crippen molar-refractivity contribution in [2.45, 2.75) is 109 Å². The van der Waals surface area contributed by atoms with Gasteiger partial charge in [0.2, 0.25) is 0 Å². The van der Waals surface area contributed by atoms with E-state index in [1.807, 2.05) is 6.08 Å². The summed E-state index contributed by atoms with van der Waals surface area (Å²) in [7, 11) is 0. The molecule has 2 fully saturated rings. The molecular formula is C25H41F. The Morgan fingerprint density at radius 1 is 0.923 bits per heavy atom. The minimum absolute atomic E-state index is 0.259. The molecule has 0 aromatic rings. The fourth-order valence-corrected chi connectivity index (χ4v) is 5.94. The van der Waals surface area contributed by atoms with Gasteiger partial charge < -0.3 is 0 Å². The molecule has 26 heavy (non-hydrogen) atoms. The molecule has 0 N–H and O–H groups in total. The predicted molar refractivity (Wildman–Crippen MR) is 111 cm³/mol. The summed E-state index contributed by atoms with van der Waals surface area (Å²) in [5, 5.41) is 0. The lowest BCUT2D eigenvalue weighted by atomic mass is 9.65. The molecule has 1 heteroatoms. The van der Waals surface area contributed by atoms with Crippen LogP contribution in [0.25, 0.3) is 0 Å². The van der Waals surface area contributed by atoms with Gasteiger partial charge in [0.25, 0.3) is 0 Å². The van der Waals surface area contributed by atoms with Crippen LogP contribution < -0.4 is 0 Å². The lowest BCUT2D eigenvalue weighted by Crippen LogP contribution is -2.36. The van der Waals surface area contributed by atoms with Gasteiger partial charge in [-0.2, -0.15) is 0 Å². The van der Waals surface area contributed by atoms with Gasteiger partial charge in [-0.3, -0.25) is 0 Å². The van der Waals surface area contributed by atoms with Crippen LogP contribution in [-0.4, -0.2) is 5.67 Å². The molecule has 0 aromatic heterocycles. The second-order valence-corrected chi connectivity index (χ2v) is 9.49. The number of alkyl halides is 1. The smallest absolute Gasteiger partial charge is 0.135 e. The van der Waals surface area contributed by atoms with E-state index in [9.17, 15) is 0 Å². The van der Waals surface area contributed by atoms with Crippen molar-refractivity contribution < 1.29 is 4.39 Å². The van der Waals surface area contributed by atoms with Gasteiger partial charge in [0.1, 0.15) is 5.67 Å². The molecule has 0 bridgehead atoms. The monoisotopic (exact) mass is 360 g/mol. The zero-order chi connectivity index (χ0) is 18.4. The number of unbranched alkanes of at least 4 members (excludes halogenated alkanes) is 2. The molecule has 2 saturated carbocycles. The molecule has 0 amide bonds. The van der Waals surface area contributed by atoms with Crippen molar-refractivity contribution in [3.05, 3.63) is 23.8 Å². The van der Waals surface area contributed by atoms with Crippen LogP contribution in [0.1, 0.15) is 104 Å². The number of hydrogen-bond acceptors (Lipinski definition) is 0. The van der Waals surface area contributed by atoms with Gasteiger partial charge in [-0.15, -0.1) is 0 Å². The molecule has 3 rings (SSSR count). The highest BCUT2D eigenvalue weighted by Gasteiger charge is 2.40. The van der Waals surface area contributed by atoms with E-state index in [4.69, 9.17) is 0 Å². The molecule has 3 aliphatic carbocycles. The van der Waals surface area contributed by atoms with Crippen LogP contribution in [0.3, 0.4) is 0 Å². The summed E-state index contributed by atoms with van der Waals surface area (Å²) in [5.74, 6) is 3.10. The Labute approximate surface area is 161 Å². The predicted octanol–water partition coefficient (Wildman–Crippen LogP) is 8.18. The van der Waals surface area contributed by atoms with E-state index in [0.29, 0.717) is 6.42 Å². The summed E-state index contributed by atoms with van der Waals surface area (Å²) >= 11 is 0. The molecule has 0 saturated heterocycles. The van der Waals surface area contributed by atoms with E-state index in [0.717, 1.165) is 37.0 Å². The Hall–Kier alpha value is -0.590. The van der Waals surface area contributed by atoms with Crippen molar-refractivity contribution in [1.29, 1.82) is 0 Å². The van der Waals surface area contributed by atoms with Gasteiger partial charge >= 0.3 is 0 Å². The van der Waals surface area contributed by atoms with Crippen LogP contribution in [0, 0.1) is 23.7 Å². The standard InChI is InChI=1S/C25H41F/c1-3-5-6-7-21-8-10-22(11-9-21)23-12-14-24(15-13-23)25(26)18-16-20(4-2)17-19-25/h16-18,21-24H,3-15,19H2,1-2H3. The van der Waals surface area contributed by atoms with Crippen LogP contribution in [0.5, 0.6) is 0 Å². The molecule has 0 radical (unpaired) electrons. The lowest BCUT2D eigenvalue weighted by molar-refractivity contribution is 0.0669. The molecule has 3 aliphatic rings. The first kappa shape index (κ1) is 20.2. The third-order valence-corrected chi connectivity index (χ3v) is 7.88. The van der Waals surface area contributed by atoms with E-state index in [-0.39, 0.29) is 5.92 Å². The minimum atomic E-state index is -1.05. The Bertz CT molecular complexity index is 474. The van der Waals surface area contributed by atoms with E-state index in [1.165, 1.54) is 69.8 Å². The maximum absolute atomic E-state index is 15.4. The molecule has 1 atom stereocenters. The maximum atomic E-state index is 15.4. The van der Waals surface area contributed by atoms with Crippen LogP contribution in [-0.2, 0) is 0 Å².